The normalized spacial score (nSPS) is 11.1. The first-order valence-electron chi connectivity index (χ1n) is 7.06. The van der Waals surface area contributed by atoms with Gasteiger partial charge in [-0.15, -0.1) is 0 Å². The van der Waals surface area contributed by atoms with Crippen LogP contribution in [-0.4, -0.2) is 11.1 Å². The van der Waals surface area contributed by atoms with E-state index in [-0.39, 0.29) is 5.56 Å². The molecule has 0 saturated heterocycles. The summed E-state index contributed by atoms with van der Waals surface area (Å²) in [7, 11) is 0. The molecule has 0 aliphatic heterocycles. The smallest absolute Gasteiger partial charge is 0.339 e. The van der Waals surface area contributed by atoms with Gasteiger partial charge in [-0.25, -0.2) is 4.79 Å². The number of aryl methyl sites for hydroxylation is 2. The van der Waals surface area contributed by atoms with Gasteiger partial charge in [-0.2, -0.15) is 0 Å². The van der Waals surface area contributed by atoms with Gasteiger partial charge in [-0.3, -0.25) is 0 Å². The van der Waals surface area contributed by atoms with E-state index in [4.69, 9.17) is 27.6 Å². The fourth-order valence-corrected chi connectivity index (χ4v) is 3.15. The highest BCUT2D eigenvalue weighted by molar-refractivity contribution is 6.35. The average molecular weight is 349 g/mol. The molecule has 2 aromatic carbocycles. The van der Waals surface area contributed by atoms with Crippen LogP contribution in [0.25, 0.3) is 11.0 Å². The van der Waals surface area contributed by atoms with Crippen molar-refractivity contribution in [2.75, 3.05) is 0 Å². The first-order chi connectivity index (χ1) is 10.9. The Morgan fingerprint density at radius 3 is 2.57 bits per heavy atom. The second-order valence-corrected chi connectivity index (χ2v) is 6.40. The molecule has 3 aromatic rings. The Bertz CT molecular complexity index is 926. The molecule has 0 aliphatic rings. The molecule has 0 amide bonds. The van der Waals surface area contributed by atoms with Crippen LogP contribution >= 0.6 is 23.2 Å². The van der Waals surface area contributed by atoms with Crippen molar-refractivity contribution >= 4 is 40.1 Å². The molecule has 0 fully saturated rings. The number of carbonyl (C=O) groups is 1. The maximum Gasteiger partial charge on any atom is 0.339 e. The summed E-state index contributed by atoms with van der Waals surface area (Å²) in [5, 5.41) is 11.3. The molecule has 1 aromatic heterocycles. The van der Waals surface area contributed by atoms with Gasteiger partial charge in [0.2, 0.25) is 0 Å². The van der Waals surface area contributed by atoms with Crippen LogP contribution in [0.2, 0.25) is 10.0 Å². The van der Waals surface area contributed by atoms with Crippen LogP contribution in [0.5, 0.6) is 0 Å². The van der Waals surface area contributed by atoms with Gasteiger partial charge in [-0.1, -0.05) is 29.3 Å². The van der Waals surface area contributed by atoms with Crippen LogP contribution in [0.15, 0.2) is 34.7 Å². The summed E-state index contributed by atoms with van der Waals surface area (Å²) in [6, 6.07) is 8.86. The summed E-state index contributed by atoms with van der Waals surface area (Å²) in [4.78, 5) is 11.4. The summed E-state index contributed by atoms with van der Waals surface area (Å²) in [5.41, 5.74) is 3.27. The number of halogens is 2. The first kappa shape index (κ1) is 15.9. The Morgan fingerprint density at radius 2 is 1.91 bits per heavy atom. The van der Waals surface area contributed by atoms with Crippen LogP contribution < -0.4 is 0 Å². The number of rotatable bonds is 3. The van der Waals surface area contributed by atoms with Gasteiger partial charge in [0.05, 0.1) is 0 Å². The molecule has 1 heterocycles. The maximum absolute atomic E-state index is 11.4. The SMILES string of the molecule is Cc1cc(C(=O)O)c2oc(Cc3ccc(Cl)cc3Cl)c(C)c2c1. The van der Waals surface area contributed by atoms with E-state index in [1.54, 1.807) is 18.2 Å². The van der Waals surface area contributed by atoms with Crippen molar-refractivity contribution in [1.29, 1.82) is 0 Å². The predicted molar refractivity (Wildman–Crippen MR) is 91.9 cm³/mol. The highest BCUT2D eigenvalue weighted by Crippen LogP contribution is 2.32. The topological polar surface area (TPSA) is 50.4 Å². The molecule has 0 bridgehead atoms. The summed E-state index contributed by atoms with van der Waals surface area (Å²) in [6.45, 7) is 3.80. The third kappa shape index (κ3) is 2.94. The first-order valence-corrected chi connectivity index (χ1v) is 7.82. The van der Waals surface area contributed by atoms with Gasteiger partial charge in [0.1, 0.15) is 16.9 Å². The zero-order chi connectivity index (χ0) is 16.7. The van der Waals surface area contributed by atoms with E-state index in [1.165, 1.54) is 0 Å². The highest BCUT2D eigenvalue weighted by Gasteiger charge is 2.19. The van der Waals surface area contributed by atoms with Crippen molar-refractivity contribution in [3.63, 3.8) is 0 Å². The van der Waals surface area contributed by atoms with Crippen molar-refractivity contribution in [1.82, 2.24) is 0 Å². The van der Waals surface area contributed by atoms with E-state index in [9.17, 15) is 9.90 Å². The minimum absolute atomic E-state index is 0.177. The van der Waals surface area contributed by atoms with Crippen LogP contribution in [0.3, 0.4) is 0 Å². The van der Waals surface area contributed by atoms with Crippen molar-refractivity contribution in [3.05, 3.63) is 68.4 Å². The van der Waals surface area contributed by atoms with E-state index in [0.717, 1.165) is 22.1 Å². The molecular formula is C18H14Cl2O3. The predicted octanol–water partition coefficient (Wildman–Crippen LogP) is 5.65. The Morgan fingerprint density at radius 1 is 1.17 bits per heavy atom. The van der Waals surface area contributed by atoms with Crippen LogP contribution in [0.1, 0.15) is 32.8 Å². The fourth-order valence-electron chi connectivity index (χ4n) is 2.68. The van der Waals surface area contributed by atoms with Gasteiger partial charge < -0.3 is 9.52 Å². The number of fused-ring (bicyclic) bond motifs is 1. The van der Waals surface area contributed by atoms with E-state index in [1.807, 2.05) is 26.0 Å². The Kier molecular flexibility index (Phi) is 4.09. The van der Waals surface area contributed by atoms with Gasteiger partial charge >= 0.3 is 5.97 Å². The van der Waals surface area contributed by atoms with E-state index in [0.29, 0.717) is 27.8 Å². The van der Waals surface area contributed by atoms with Crippen LogP contribution in [0.4, 0.5) is 0 Å². The number of hydrogen-bond acceptors (Lipinski definition) is 2. The fraction of sp³-hybridized carbons (Fsp3) is 0.167. The second kappa shape index (κ2) is 5.91. The van der Waals surface area contributed by atoms with E-state index < -0.39 is 5.97 Å². The monoisotopic (exact) mass is 348 g/mol. The lowest BCUT2D eigenvalue weighted by Gasteiger charge is -2.03. The van der Waals surface area contributed by atoms with E-state index >= 15 is 0 Å². The number of furan rings is 1. The third-order valence-electron chi connectivity index (χ3n) is 3.88. The summed E-state index contributed by atoms with van der Waals surface area (Å²) in [6.07, 6.45) is 0.481. The standard InChI is InChI=1S/C18H14Cl2O3/c1-9-5-13-10(2)16(23-17(13)14(6-9)18(21)22)7-11-3-4-12(19)8-15(11)20/h3-6,8H,7H2,1-2H3,(H,21,22). The van der Waals surface area contributed by atoms with Crippen LogP contribution in [0, 0.1) is 13.8 Å². The Labute approximate surface area is 143 Å². The molecule has 5 heteroatoms. The molecule has 0 radical (unpaired) electrons. The quantitative estimate of drug-likeness (QED) is 0.665. The lowest BCUT2D eigenvalue weighted by molar-refractivity contribution is 0.0697. The van der Waals surface area contributed by atoms with Crippen molar-refractivity contribution in [2.24, 2.45) is 0 Å². The van der Waals surface area contributed by atoms with Crippen molar-refractivity contribution in [3.8, 4) is 0 Å². The Hall–Kier alpha value is -1.97. The minimum Gasteiger partial charge on any atom is -0.478 e. The van der Waals surface area contributed by atoms with E-state index in [2.05, 4.69) is 0 Å². The van der Waals surface area contributed by atoms with Gasteiger partial charge in [0.25, 0.3) is 0 Å². The molecule has 1 N–H and O–H groups in total. The zero-order valence-corrected chi connectivity index (χ0v) is 14.1. The molecule has 0 spiro atoms. The van der Waals surface area contributed by atoms with Gasteiger partial charge in [0.15, 0.2) is 0 Å². The summed E-state index contributed by atoms with van der Waals surface area (Å²) >= 11 is 12.1. The number of aromatic carboxylic acids is 1. The lowest BCUT2D eigenvalue weighted by atomic mass is 10.0. The molecule has 118 valence electrons. The average Bonchev–Trinajstić information content (AvgIpc) is 2.78. The second-order valence-electron chi connectivity index (χ2n) is 5.56. The summed E-state index contributed by atoms with van der Waals surface area (Å²) in [5.74, 6) is -0.291. The number of carboxylic acid groups (broad SMARTS) is 1. The Balaban J connectivity index is 2.13. The molecule has 3 rings (SSSR count). The van der Waals surface area contributed by atoms with Crippen molar-refractivity contribution in [2.45, 2.75) is 20.3 Å². The van der Waals surface area contributed by atoms with Crippen LogP contribution in [-0.2, 0) is 6.42 Å². The molecule has 0 unspecified atom stereocenters. The van der Waals surface area contributed by atoms with Crippen molar-refractivity contribution < 1.29 is 14.3 Å². The molecule has 0 saturated carbocycles. The number of hydrogen-bond donors (Lipinski definition) is 1. The third-order valence-corrected chi connectivity index (χ3v) is 4.46. The number of carboxylic acids is 1. The van der Waals surface area contributed by atoms with Gasteiger partial charge in [-0.05, 0) is 54.8 Å². The van der Waals surface area contributed by atoms with Gasteiger partial charge in [0, 0.05) is 21.9 Å². The molecule has 0 atom stereocenters. The molecule has 3 nitrogen and oxygen atoms in total. The number of benzene rings is 2. The highest BCUT2D eigenvalue weighted by atomic mass is 35.5. The lowest BCUT2D eigenvalue weighted by Crippen LogP contribution is -1.97. The molecule has 23 heavy (non-hydrogen) atoms. The largest absolute Gasteiger partial charge is 0.478 e. The molecule has 0 aliphatic carbocycles. The maximum atomic E-state index is 11.4. The minimum atomic E-state index is -0.997. The summed E-state index contributed by atoms with van der Waals surface area (Å²) < 4.78 is 5.86. The zero-order valence-electron chi connectivity index (χ0n) is 12.6. The molecular weight excluding hydrogens is 335 g/mol.